The van der Waals surface area contributed by atoms with Crippen LogP contribution in [0.15, 0.2) is 12.1 Å². The van der Waals surface area contributed by atoms with E-state index in [0.29, 0.717) is 11.5 Å². The van der Waals surface area contributed by atoms with E-state index in [4.69, 9.17) is 17.3 Å². The van der Waals surface area contributed by atoms with Gasteiger partial charge in [-0.3, -0.25) is 0 Å². The molecule has 1 aliphatic rings. The summed E-state index contributed by atoms with van der Waals surface area (Å²) in [6, 6.07) is 2.97. The van der Waals surface area contributed by atoms with E-state index in [0.717, 1.165) is 12.1 Å². The summed E-state index contributed by atoms with van der Waals surface area (Å²) in [4.78, 5) is 4.28. The van der Waals surface area contributed by atoms with E-state index in [9.17, 15) is 4.39 Å². The molecule has 0 unspecified atom stereocenters. The van der Waals surface area contributed by atoms with Crippen LogP contribution in [0.2, 0.25) is 5.02 Å². The number of benzene rings is 1. The molecule has 0 radical (unpaired) electrons. The average Bonchev–Trinajstić information content (AvgIpc) is 2.88. The highest BCUT2D eigenvalue weighted by molar-refractivity contribution is 6.31. The highest BCUT2D eigenvalue weighted by atomic mass is 35.5. The van der Waals surface area contributed by atoms with Gasteiger partial charge in [0.2, 0.25) is 5.95 Å². The first-order valence-corrected chi connectivity index (χ1v) is 6.97. The molecule has 1 aromatic heterocycles. The molecule has 3 nitrogen and oxygen atoms in total. The highest BCUT2D eigenvalue weighted by Crippen LogP contribution is 2.40. The second-order valence-electron chi connectivity index (χ2n) is 5.83. The van der Waals surface area contributed by atoms with Crippen molar-refractivity contribution >= 4 is 28.6 Å². The Morgan fingerprint density at radius 3 is 2.79 bits per heavy atom. The zero-order chi connectivity index (χ0) is 13.6. The molecule has 0 aliphatic heterocycles. The number of anilines is 1. The smallest absolute Gasteiger partial charge is 0.201 e. The van der Waals surface area contributed by atoms with Crippen LogP contribution in [0.1, 0.15) is 32.6 Å². The summed E-state index contributed by atoms with van der Waals surface area (Å²) >= 11 is 5.78. The molecule has 0 amide bonds. The third-order valence-electron chi connectivity index (χ3n) is 4.17. The van der Waals surface area contributed by atoms with Crippen LogP contribution in [0.3, 0.4) is 0 Å². The van der Waals surface area contributed by atoms with Gasteiger partial charge in [-0.15, -0.1) is 0 Å². The van der Waals surface area contributed by atoms with Crippen molar-refractivity contribution in [2.24, 2.45) is 5.41 Å². The number of nitrogens with zero attached hydrogens (tertiary/aromatic N) is 2. The van der Waals surface area contributed by atoms with Crippen molar-refractivity contribution in [3.05, 3.63) is 23.0 Å². The van der Waals surface area contributed by atoms with Gasteiger partial charge in [0, 0.05) is 12.6 Å². The largest absolute Gasteiger partial charge is 0.369 e. The molecule has 5 heteroatoms. The number of halogens is 2. The SMILES string of the molecule is CC1(Cn2c(N)nc3cc(Cl)c(F)cc32)CCCC1. The Morgan fingerprint density at radius 2 is 2.11 bits per heavy atom. The quantitative estimate of drug-likeness (QED) is 0.904. The van der Waals surface area contributed by atoms with Gasteiger partial charge in [0.25, 0.3) is 0 Å². The lowest BCUT2D eigenvalue weighted by Crippen LogP contribution is -2.20. The molecule has 19 heavy (non-hydrogen) atoms. The molecule has 1 saturated carbocycles. The van der Waals surface area contributed by atoms with Gasteiger partial charge in [0.1, 0.15) is 5.82 Å². The fourth-order valence-corrected chi connectivity index (χ4v) is 3.23. The van der Waals surface area contributed by atoms with E-state index in [-0.39, 0.29) is 10.4 Å². The minimum absolute atomic E-state index is 0.0872. The number of hydrogen-bond acceptors (Lipinski definition) is 2. The predicted molar refractivity (Wildman–Crippen MR) is 75.7 cm³/mol. The molecular formula is C14H17ClFN3. The minimum Gasteiger partial charge on any atom is -0.369 e. The lowest BCUT2D eigenvalue weighted by molar-refractivity contribution is 0.287. The Bertz CT molecular complexity index is 629. The van der Waals surface area contributed by atoms with Crippen molar-refractivity contribution in [2.75, 3.05) is 5.73 Å². The van der Waals surface area contributed by atoms with Crippen LogP contribution in [-0.4, -0.2) is 9.55 Å². The molecule has 1 fully saturated rings. The van der Waals surface area contributed by atoms with Crippen LogP contribution in [0.25, 0.3) is 11.0 Å². The van der Waals surface area contributed by atoms with E-state index in [2.05, 4.69) is 11.9 Å². The molecule has 1 aromatic carbocycles. The fourth-order valence-electron chi connectivity index (χ4n) is 3.07. The van der Waals surface area contributed by atoms with Gasteiger partial charge in [-0.25, -0.2) is 9.37 Å². The number of aromatic nitrogens is 2. The van der Waals surface area contributed by atoms with Crippen molar-refractivity contribution in [1.82, 2.24) is 9.55 Å². The molecule has 0 saturated heterocycles. The van der Waals surface area contributed by atoms with Gasteiger partial charge in [-0.2, -0.15) is 0 Å². The molecule has 1 aliphatic carbocycles. The zero-order valence-corrected chi connectivity index (χ0v) is 11.7. The van der Waals surface area contributed by atoms with Gasteiger partial charge >= 0.3 is 0 Å². The summed E-state index contributed by atoms with van der Waals surface area (Å²) in [7, 11) is 0. The molecule has 102 valence electrons. The number of fused-ring (bicyclic) bond motifs is 1. The van der Waals surface area contributed by atoms with Gasteiger partial charge in [0.05, 0.1) is 16.1 Å². The van der Waals surface area contributed by atoms with Crippen LogP contribution in [0.4, 0.5) is 10.3 Å². The summed E-state index contributed by atoms with van der Waals surface area (Å²) in [6.07, 6.45) is 4.87. The number of nitrogen functional groups attached to an aromatic ring is 1. The summed E-state index contributed by atoms with van der Waals surface area (Å²) in [5.41, 5.74) is 7.60. The molecule has 0 bridgehead atoms. The monoisotopic (exact) mass is 281 g/mol. The van der Waals surface area contributed by atoms with Crippen LogP contribution in [-0.2, 0) is 6.54 Å². The van der Waals surface area contributed by atoms with E-state index in [1.165, 1.54) is 37.8 Å². The van der Waals surface area contributed by atoms with E-state index < -0.39 is 5.82 Å². The Kier molecular flexibility index (Phi) is 2.93. The first-order valence-electron chi connectivity index (χ1n) is 6.59. The summed E-state index contributed by atoms with van der Waals surface area (Å²) in [5, 5.41) is 0.0872. The van der Waals surface area contributed by atoms with Gasteiger partial charge in [-0.05, 0) is 24.3 Å². The van der Waals surface area contributed by atoms with Crippen molar-refractivity contribution in [2.45, 2.75) is 39.2 Å². The number of imidazole rings is 1. The maximum absolute atomic E-state index is 13.6. The molecule has 0 spiro atoms. The predicted octanol–water partition coefficient (Wildman–Crippen LogP) is 3.99. The van der Waals surface area contributed by atoms with Crippen LogP contribution in [0.5, 0.6) is 0 Å². The Morgan fingerprint density at radius 1 is 1.42 bits per heavy atom. The first-order chi connectivity index (χ1) is 8.98. The van der Waals surface area contributed by atoms with Crippen LogP contribution >= 0.6 is 11.6 Å². The van der Waals surface area contributed by atoms with Gasteiger partial charge in [-0.1, -0.05) is 31.4 Å². The van der Waals surface area contributed by atoms with Gasteiger partial charge in [0.15, 0.2) is 0 Å². The first kappa shape index (κ1) is 12.7. The van der Waals surface area contributed by atoms with E-state index in [1.807, 2.05) is 4.57 Å². The Hall–Kier alpha value is -1.29. The second-order valence-corrected chi connectivity index (χ2v) is 6.24. The standard InChI is InChI=1S/C14H17ClFN3/c1-14(4-2-3-5-14)8-19-12-7-10(16)9(15)6-11(12)18-13(19)17/h6-7H,2-5,8H2,1H3,(H2,17,18). The second kappa shape index (κ2) is 4.37. The van der Waals surface area contributed by atoms with Crippen molar-refractivity contribution in [3.8, 4) is 0 Å². The van der Waals surface area contributed by atoms with Crippen LogP contribution < -0.4 is 5.73 Å². The van der Waals surface area contributed by atoms with Crippen molar-refractivity contribution in [3.63, 3.8) is 0 Å². The van der Waals surface area contributed by atoms with Gasteiger partial charge < -0.3 is 10.3 Å². The lowest BCUT2D eigenvalue weighted by atomic mass is 9.89. The number of nitrogens with two attached hydrogens (primary N) is 1. The summed E-state index contributed by atoms with van der Waals surface area (Å²) in [5.74, 6) is 0.0108. The van der Waals surface area contributed by atoms with E-state index in [1.54, 1.807) is 0 Å². The normalized spacial score (nSPS) is 18.3. The number of hydrogen-bond donors (Lipinski definition) is 1. The maximum atomic E-state index is 13.6. The summed E-state index contributed by atoms with van der Waals surface area (Å²) < 4.78 is 15.5. The fraction of sp³-hybridized carbons (Fsp3) is 0.500. The zero-order valence-electron chi connectivity index (χ0n) is 10.9. The molecular weight excluding hydrogens is 265 g/mol. The lowest BCUT2D eigenvalue weighted by Gasteiger charge is -2.24. The molecule has 2 N–H and O–H groups in total. The average molecular weight is 282 g/mol. The molecule has 1 heterocycles. The van der Waals surface area contributed by atoms with E-state index >= 15 is 0 Å². The Labute approximate surface area is 116 Å². The van der Waals surface area contributed by atoms with Crippen LogP contribution in [0, 0.1) is 11.2 Å². The summed E-state index contributed by atoms with van der Waals surface area (Å²) in [6.45, 7) is 3.05. The Balaban J connectivity index is 2.07. The number of rotatable bonds is 2. The van der Waals surface area contributed by atoms with Crippen molar-refractivity contribution in [1.29, 1.82) is 0 Å². The minimum atomic E-state index is -0.424. The highest BCUT2D eigenvalue weighted by Gasteiger charge is 2.30. The molecule has 2 aromatic rings. The third-order valence-corrected chi connectivity index (χ3v) is 4.46. The van der Waals surface area contributed by atoms with Crippen molar-refractivity contribution < 1.29 is 4.39 Å². The third kappa shape index (κ3) is 2.18. The maximum Gasteiger partial charge on any atom is 0.201 e. The molecule has 0 atom stereocenters. The molecule has 3 rings (SSSR count). The topological polar surface area (TPSA) is 43.8 Å².